The molecule has 2 rings (SSSR count). The Hall–Kier alpha value is -0.970. The van der Waals surface area contributed by atoms with E-state index < -0.39 is 0 Å². The first-order valence-electron chi connectivity index (χ1n) is 6.60. The van der Waals surface area contributed by atoms with E-state index in [2.05, 4.69) is 4.98 Å². The maximum absolute atomic E-state index is 9.97. The molecule has 2 N–H and O–H groups in total. The number of aliphatic hydroxyl groups excluding tert-OH is 2. The smallest absolute Gasteiger partial charge is 0.0624 e. The Balaban J connectivity index is 1.70. The van der Waals surface area contributed by atoms with Gasteiger partial charge in [0.15, 0.2) is 0 Å². The number of rotatable bonds is 5. The zero-order valence-corrected chi connectivity index (χ0v) is 10.5. The van der Waals surface area contributed by atoms with E-state index in [1.165, 1.54) is 0 Å². The first-order chi connectivity index (χ1) is 8.74. The average Bonchev–Trinajstić information content (AvgIpc) is 2.38. The Kier molecular flexibility index (Phi) is 5.11. The predicted octanol–water partition coefficient (Wildman–Crippen LogP) is 1.31. The van der Waals surface area contributed by atoms with Gasteiger partial charge in [-0.15, -0.1) is 0 Å². The van der Waals surface area contributed by atoms with Crippen molar-refractivity contribution in [3.63, 3.8) is 0 Å². The van der Waals surface area contributed by atoms with Crippen molar-refractivity contribution >= 4 is 0 Å². The van der Waals surface area contributed by atoms with Gasteiger partial charge in [0.05, 0.1) is 18.3 Å². The molecule has 2 heterocycles. The molecular weight excluding hydrogens is 230 g/mol. The molecular formula is C14H21NO3. The lowest BCUT2D eigenvalue weighted by Gasteiger charge is -2.28. The minimum atomic E-state index is -0.375. The molecule has 4 nitrogen and oxygen atoms in total. The van der Waals surface area contributed by atoms with E-state index in [1.54, 1.807) is 6.20 Å². The van der Waals surface area contributed by atoms with E-state index in [9.17, 15) is 10.2 Å². The molecule has 0 bridgehead atoms. The SMILES string of the molecule is OC1CCOC(CC(O)CCc2cccnc2)C1. The number of nitrogens with zero attached hydrogens (tertiary/aromatic N) is 1. The Morgan fingerprint density at radius 3 is 3.11 bits per heavy atom. The van der Waals surface area contributed by atoms with E-state index in [4.69, 9.17) is 4.74 Å². The Morgan fingerprint density at radius 2 is 2.39 bits per heavy atom. The van der Waals surface area contributed by atoms with Gasteiger partial charge in [-0.1, -0.05) is 6.07 Å². The molecule has 0 amide bonds. The molecule has 1 aromatic rings. The third kappa shape index (κ3) is 4.37. The van der Waals surface area contributed by atoms with Gasteiger partial charge in [-0.2, -0.15) is 0 Å². The third-order valence-electron chi connectivity index (χ3n) is 3.36. The Morgan fingerprint density at radius 1 is 1.50 bits per heavy atom. The van der Waals surface area contributed by atoms with Crippen molar-refractivity contribution in [2.45, 2.75) is 50.4 Å². The van der Waals surface area contributed by atoms with Crippen molar-refractivity contribution < 1.29 is 14.9 Å². The van der Waals surface area contributed by atoms with Gasteiger partial charge in [0.1, 0.15) is 0 Å². The van der Waals surface area contributed by atoms with E-state index in [0.29, 0.717) is 32.3 Å². The number of hydrogen-bond acceptors (Lipinski definition) is 4. The van der Waals surface area contributed by atoms with Crippen LogP contribution in [0.4, 0.5) is 0 Å². The summed E-state index contributed by atoms with van der Waals surface area (Å²) in [6, 6.07) is 3.92. The average molecular weight is 251 g/mol. The lowest BCUT2D eigenvalue weighted by Crippen LogP contribution is -2.31. The summed E-state index contributed by atoms with van der Waals surface area (Å²) in [5.74, 6) is 0. The molecule has 0 aliphatic carbocycles. The number of hydrogen-bond donors (Lipinski definition) is 2. The van der Waals surface area contributed by atoms with E-state index >= 15 is 0 Å². The van der Waals surface area contributed by atoms with Gasteiger partial charge < -0.3 is 14.9 Å². The van der Waals surface area contributed by atoms with Gasteiger partial charge in [0.25, 0.3) is 0 Å². The molecule has 1 aromatic heterocycles. The van der Waals surface area contributed by atoms with E-state index in [1.807, 2.05) is 18.3 Å². The van der Waals surface area contributed by atoms with Crippen LogP contribution in [0.5, 0.6) is 0 Å². The summed E-state index contributed by atoms with van der Waals surface area (Å²) in [6.07, 6.45) is 6.42. The molecule has 4 heteroatoms. The van der Waals surface area contributed by atoms with Crippen molar-refractivity contribution in [1.29, 1.82) is 0 Å². The highest BCUT2D eigenvalue weighted by Gasteiger charge is 2.23. The zero-order chi connectivity index (χ0) is 12.8. The van der Waals surface area contributed by atoms with Crippen LogP contribution in [0, 0.1) is 0 Å². The molecule has 1 aliphatic rings. The van der Waals surface area contributed by atoms with Crippen molar-refractivity contribution in [2.24, 2.45) is 0 Å². The molecule has 100 valence electrons. The monoisotopic (exact) mass is 251 g/mol. The fourth-order valence-electron chi connectivity index (χ4n) is 2.32. The lowest BCUT2D eigenvalue weighted by atomic mass is 9.98. The Bertz CT molecular complexity index is 344. The number of aryl methyl sites for hydroxylation is 1. The quantitative estimate of drug-likeness (QED) is 0.828. The summed E-state index contributed by atoms with van der Waals surface area (Å²) < 4.78 is 5.54. The zero-order valence-electron chi connectivity index (χ0n) is 10.5. The summed E-state index contributed by atoms with van der Waals surface area (Å²) in [5.41, 5.74) is 1.14. The molecule has 1 fully saturated rings. The molecule has 0 radical (unpaired) electrons. The lowest BCUT2D eigenvalue weighted by molar-refractivity contribution is -0.0618. The van der Waals surface area contributed by atoms with Gasteiger partial charge in [-0.25, -0.2) is 0 Å². The first kappa shape index (κ1) is 13.5. The van der Waals surface area contributed by atoms with Crippen molar-refractivity contribution in [2.75, 3.05) is 6.61 Å². The highest BCUT2D eigenvalue weighted by Crippen LogP contribution is 2.19. The van der Waals surface area contributed by atoms with Gasteiger partial charge in [-0.05, 0) is 43.7 Å². The van der Waals surface area contributed by atoms with E-state index in [0.717, 1.165) is 12.0 Å². The second-order valence-corrected chi connectivity index (χ2v) is 4.96. The van der Waals surface area contributed by atoms with Gasteiger partial charge in [0, 0.05) is 19.0 Å². The molecule has 3 unspecified atom stereocenters. The molecule has 0 saturated carbocycles. The summed E-state index contributed by atoms with van der Waals surface area (Å²) in [7, 11) is 0. The van der Waals surface area contributed by atoms with E-state index in [-0.39, 0.29) is 18.3 Å². The molecule has 0 spiro atoms. The van der Waals surface area contributed by atoms with Crippen LogP contribution in [0.3, 0.4) is 0 Å². The van der Waals surface area contributed by atoms with Crippen LogP contribution in [-0.4, -0.2) is 40.1 Å². The van der Waals surface area contributed by atoms with Crippen LogP contribution in [0.25, 0.3) is 0 Å². The summed E-state index contributed by atoms with van der Waals surface area (Å²) in [6.45, 7) is 0.598. The van der Waals surface area contributed by atoms with Crippen LogP contribution in [0.1, 0.15) is 31.2 Å². The molecule has 18 heavy (non-hydrogen) atoms. The Labute approximate surface area is 108 Å². The predicted molar refractivity (Wildman–Crippen MR) is 68.2 cm³/mol. The second-order valence-electron chi connectivity index (χ2n) is 4.96. The first-order valence-corrected chi connectivity index (χ1v) is 6.60. The fourth-order valence-corrected chi connectivity index (χ4v) is 2.32. The topological polar surface area (TPSA) is 62.6 Å². The fraction of sp³-hybridized carbons (Fsp3) is 0.643. The molecule has 3 atom stereocenters. The van der Waals surface area contributed by atoms with Crippen LogP contribution in [0.2, 0.25) is 0 Å². The largest absolute Gasteiger partial charge is 0.393 e. The number of pyridine rings is 1. The number of aliphatic hydroxyl groups is 2. The van der Waals surface area contributed by atoms with Crippen molar-refractivity contribution in [3.8, 4) is 0 Å². The van der Waals surface area contributed by atoms with Crippen LogP contribution >= 0.6 is 0 Å². The highest BCUT2D eigenvalue weighted by atomic mass is 16.5. The third-order valence-corrected chi connectivity index (χ3v) is 3.36. The van der Waals surface area contributed by atoms with Crippen molar-refractivity contribution in [1.82, 2.24) is 4.98 Å². The summed E-state index contributed by atoms with van der Waals surface area (Å²) >= 11 is 0. The van der Waals surface area contributed by atoms with Gasteiger partial charge in [-0.3, -0.25) is 4.98 Å². The summed E-state index contributed by atoms with van der Waals surface area (Å²) in [5, 5.41) is 19.5. The van der Waals surface area contributed by atoms with Crippen LogP contribution < -0.4 is 0 Å². The van der Waals surface area contributed by atoms with Crippen LogP contribution in [0.15, 0.2) is 24.5 Å². The minimum Gasteiger partial charge on any atom is -0.393 e. The van der Waals surface area contributed by atoms with Crippen molar-refractivity contribution in [3.05, 3.63) is 30.1 Å². The standard InChI is InChI=1S/C14H21NO3/c16-12(4-3-11-2-1-6-15-10-11)8-14-9-13(17)5-7-18-14/h1-2,6,10,12-14,16-17H,3-5,7-9H2. The minimum absolute atomic E-state index is 0.00218. The highest BCUT2D eigenvalue weighted by molar-refractivity contribution is 5.08. The number of ether oxygens (including phenoxy) is 1. The number of aromatic nitrogens is 1. The van der Waals surface area contributed by atoms with Crippen LogP contribution in [-0.2, 0) is 11.2 Å². The van der Waals surface area contributed by atoms with Gasteiger partial charge in [0.2, 0.25) is 0 Å². The summed E-state index contributed by atoms with van der Waals surface area (Å²) in [4.78, 5) is 4.05. The normalized spacial score (nSPS) is 25.9. The second kappa shape index (κ2) is 6.83. The molecule has 0 aromatic carbocycles. The molecule has 1 aliphatic heterocycles. The van der Waals surface area contributed by atoms with Gasteiger partial charge >= 0.3 is 0 Å². The maximum atomic E-state index is 9.97. The molecule has 1 saturated heterocycles. The maximum Gasteiger partial charge on any atom is 0.0624 e.